The Hall–Kier alpha value is 0.270. The van der Waals surface area contributed by atoms with Crippen LogP contribution in [0.15, 0.2) is 0 Å². The molecule has 0 aliphatic rings. The maximum atomic E-state index is 5.69. The van der Waals surface area contributed by atoms with Crippen molar-refractivity contribution >= 4 is 12.6 Å². The average molecular weight is 261 g/mol. The van der Waals surface area contributed by atoms with Gasteiger partial charge < -0.3 is 4.48 Å². The first-order valence-electron chi connectivity index (χ1n) is 7.25. The fourth-order valence-corrected chi connectivity index (χ4v) is 2.20. The highest BCUT2D eigenvalue weighted by atomic mass is 32.1. The molecule has 17 heavy (non-hydrogen) atoms. The van der Waals surface area contributed by atoms with Crippen molar-refractivity contribution in [1.29, 1.82) is 0 Å². The fraction of sp³-hybridized carbons (Fsp3) is 1.00. The van der Waals surface area contributed by atoms with Crippen LogP contribution in [0.3, 0.4) is 0 Å². The third kappa shape index (κ3) is 12.5. The lowest BCUT2D eigenvalue weighted by Gasteiger charge is -2.27. The van der Waals surface area contributed by atoms with Gasteiger partial charge in [0, 0.05) is 0 Å². The van der Waals surface area contributed by atoms with Crippen molar-refractivity contribution in [3.8, 4) is 0 Å². The van der Waals surface area contributed by atoms with Crippen molar-refractivity contribution in [2.75, 3.05) is 33.1 Å². The summed E-state index contributed by atoms with van der Waals surface area (Å²) in [5, 5.41) is 0. The summed E-state index contributed by atoms with van der Waals surface area (Å²) >= 11 is 4.22. The quantitative estimate of drug-likeness (QED) is 0.239. The van der Waals surface area contributed by atoms with Crippen LogP contribution in [0.25, 0.3) is 0 Å². The summed E-state index contributed by atoms with van der Waals surface area (Å²) in [7, 11) is 4.42. The van der Waals surface area contributed by atoms with Crippen molar-refractivity contribution in [3.63, 3.8) is 0 Å². The van der Waals surface area contributed by atoms with Gasteiger partial charge in [0.05, 0.1) is 20.6 Å². The second-order valence-corrected chi connectivity index (χ2v) is 6.19. The molecule has 0 aromatic rings. The second-order valence-electron chi connectivity index (χ2n) is 5.75. The van der Waals surface area contributed by atoms with Gasteiger partial charge in [-0.25, -0.2) is 0 Å². The van der Waals surface area contributed by atoms with Gasteiger partial charge in [0.2, 0.25) is 0 Å². The Balaban J connectivity index is 3.09. The SMILES string of the molecule is C[N+](C)(CN)CCCCCCCCCCCS. The topological polar surface area (TPSA) is 26.0 Å². The van der Waals surface area contributed by atoms with Gasteiger partial charge in [0.1, 0.15) is 6.67 Å². The Bertz CT molecular complexity index is 160. The van der Waals surface area contributed by atoms with Gasteiger partial charge in [-0.15, -0.1) is 0 Å². The molecule has 2 N–H and O–H groups in total. The minimum atomic E-state index is 0.755. The van der Waals surface area contributed by atoms with Crippen LogP contribution in [0.4, 0.5) is 0 Å². The summed E-state index contributed by atoms with van der Waals surface area (Å²) in [6, 6.07) is 0. The van der Waals surface area contributed by atoms with Gasteiger partial charge in [-0.3, -0.25) is 5.73 Å². The number of hydrogen-bond donors (Lipinski definition) is 2. The Labute approximate surface area is 114 Å². The Kier molecular flexibility index (Phi) is 11.5. The predicted octanol–water partition coefficient (Wildman–Crippen LogP) is 3.42. The molecule has 0 saturated carbocycles. The molecule has 0 aliphatic carbocycles. The van der Waals surface area contributed by atoms with Crippen molar-refractivity contribution in [2.45, 2.75) is 57.8 Å². The number of unbranched alkanes of at least 4 members (excludes halogenated alkanes) is 8. The standard InChI is InChI=1S/C14H32N2S/c1-16(2,14-15)12-10-8-6-4-3-5-7-9-11-13-17/h3-15H2,1-2H3/p+1. The van der Waals surface area contributed by atoms with Gasteiger partial charge in [-0.1, -0.05) is 38.5 Å². The van der Waals surface area contributed by atoms with E-state index in [1.807, 2.05) is 0 Å². The highest BCUT2D eigenvalue weighted by Crippen LogP contribution is 2.10. The largest absolute Gasteiger partial charge is 0.316 e. The molecule has 0 aromatic heterocycles. The number of rotatable bonds is 12. The molecule has 0 bridgehead atoms. The van der Waals surface area contributed by atoms with Crippen LogP contribution in [0.2, 0.25) is 0 Å². The smallest absolute Gasteiger partial charge is 0.129 e. The molecule has 0 aliphatic heterocycles. The van der Waals surface area contributed by atoms with E-state index in [4.69, 9.17) is 5.73 Å². The van der Waals surface area contributed by atoms with Crippen molar-refractivity contribution < 1.29 is 4.48 Å². The molecule has 0 rings (SSSR count). The Morgan fingerprint density at radius 2 is 1.18 bits per heavy atom. The van der Waals surface area contributed by atoms with E-state index in [9.17, 15) is 0 Å². The Morgan fingerprint density at radius 1 is 0.765 bits per heavy atom. The van der Waals surface area contributed by atoms with Crippen LogP contribution in [-0.4, -0.2) is 37.5 Å². The molecule has 104 valence electrons. The van der Waals surface area contributed by atoms with Gasteiger partial charge in [-0.05, 0) is 25.0 Å². The number of nitrogens with zero attached hydrogens (tertiary/aromatic N) is 1. The fourth-order valence-electron chi connectivity index (χ4n) is 1.98. The molecule has 0 spiro atoms. The van der Waals surface area contributed by atoms with Gasteiger partial charge in [0.15, 0.2) is 0 Å². The summed E-state index contributed by atoms with van der Waals surface area (Å²) < 4.78 is 0.962. The van der Waals surface area contributed by atoms with Crippen molar-refractivity contribution in [2.24, 2.45) is 5.73 Å². The lowest BCUT2D eigenvalue weighted by molar-refractivity contribution is -0.890. The maximum Gasteiger partial charge on any atom is 0.129 e. The molecule has 3 heteroatoms. The lowest BCUT2D eigenvalue weighted by atomic mass is 10.1. The van der Waals surface area contributed by atoms with Crippen LogP contribution in [-0.2, 0) is 0 Å². The van der Waals surface area contributed by atoms with Crippen molar-refractivity contribution in [3.05, 3.63) is 0 Å². The van der Waals surface area contributed by atoms with E-state index in [-0.39, 0.29) is 0 Å². The second kappa shape index (κ2) is 11.4. The monoisotopic (exact) mass is 261 g/mol. The summed E-state index contributed by atoms with van der Waals surface area (Å²) in [5.41, 5.74) is 5.69. The first-order chi connectivity index (χ1) is 8.12. The summed E-state index contributed by atoms with van der Waals surface area (Å²) in [6.45, 7) is 1.98. The molecule has 0 saturated heterocycles. The summed E-state index contributed by atoms with van der Waals surface area (Å²) in [5.74, 6) is 1.05. The van der Waals surface area contributed by atoms with Gasteiger partial charge in [0.25, 0.3) is 0 Å². The first kappa shape index (κ1) is 17.3. The molecule has 2 nitrogen and oxygen atoms in total. The molecular formula is C14H33N2S+. The van der Waals surface area contributed by atoms with E-state index >= 15 is 0 Å². The molecule has 0 unspecified atom stereocenters. The van der Waals surface area contributed by atoms with E-state index in [0.717, 1.165) is 16.9 Å². The van der Waals surface area contributed by atoms with E-state index in [0.29, 0.717) is 0 Å². The summed E-state index contributed by atoms with van der Waals surface area (Å²) in [6.07, 6.45) is 12.4. The zero-order chi connectivity index (χ0) is 13.0. The first-order valence-corrected chi connectivity index (χ1v) is 7.88. The highest BCUT2D eigenvalue weighted by Gasteiger charge is 2.10. The van der Waals surface area contributed by atoms with E-state index in [1.165, 1.54) is 64.3 Å². The highest BCUT2D eigenvalue weighted by molar-refractivity contribution is 7.80. The van der Waals surface area contributed by atoms with Gasteiger partial charge in [-0.2, -0.15) is 12.6 Å². The lowest BCUT2D eigenvalue weighted by Crippen LogP contribution is -2.44. The number of thiol groups is 1. The number of nitrogens with two attached hydrogens (primary N) is 1. The number of hydrogen-bond acceptors (Lipinski definition) is 2. The Morgan fingerprint density at radius 3 is 1.59 bits per heavy atom. The molecule has 0 fully saturated rings. The number of quaternary nitrogens is 1. The molecule has 0 aromatic carbocycles. The van der Waals surface area contributed by atoms with E-state index in [1.54, 1.807) is 0 Å². The van der Waals surface area contributed by atoms with Crippen LogP contribution in [0.5, 0.6) is 0 Å². The van der Waals surface area contributed by atoms with Crippen LogP contribution in [0, 0.1) is 0 Å². The maximum absolute atomic E-state index is 5.69. The van der Waals surface area contributed by atoms with E-state index in [2.05, 4.69) is 26.7 Å². The van der Waals surface area contributed by atoms with Crippen LogP contribution in [0.1, 0.15) is 57.8 Å². The van der Waals surface area contributed by atoms with E-state index < -0.39 is 0 Å². The summed E-state index contributed by atoms with van der Waals surface area (Å²) in [4.78, 5) is 0. The van der Waals surface area contributed by atoms with Crippen LogP contribution >= 0.6 is 12.6 Å². The minimum absolute atomic E-state index is 0.755. The zero-order valence-corrected chi connectivity index (χ0v) is 12.9. The molecule has 0 heterocycles. The third-order valence-electron chi connectivity index (χ3n) is 3.42. The normalized spacial score (nSPS) is 12.0. The minimum Gasteiger partial charge on any atom is -0.316 e. The predicted molar refractivity (Wildman–Crippen MR) is 81.4 cm³/mol. The van der Waals surface area contributed by atoms with Crippen molar-refractivity contribution in [1.82, 2.24) is 0 Å². The molecule has 0 amide bonds. The average Bonchev–Trinajstić information content (AvgIpc) is 2.31. The zero-order valence-electron chi connectivity index (χ0n) is 12.0. The van der Waals surface area contributed by atoms with Crippen LogP contribution < -0.4 is 5.73 Å². The third-order valence-corrected chi connectivity index (χ3v) is 3.73. The molecule has 0 radical (unpaired) electrons. The van der Waals surface area contributed by atoms with Gasteiger partial charge >= 0.3 is 0 Å². The molecule has 0 atom stereocenters. The molecular weight excluding hydrogens is 228 g/mol.